The van der Waals surface area contributed by atoms with Gasteiger partial charge in [-0.2, -0.15) is 5.10 Å². The maximum Gasteiger partial charge on any atom is 0.148 e. The third-order valence-electron chi connectivity index (χ3n) is 2.76. The van der Waals surface area contributed by atoms with E-state index in [4.69, 9.17) is 0 Å². The number of anilines is 1. The van der Waals surface area contributed by atoms with E-state index in [1.807, 2.05) is 19.1 Å². The van der Waals surface area contributed by atoms with Gasteiger partial charge < -0.3 is 5.32 Å². The molecule has 1 heterocycles. The summed E-state index contributed by atoms with van der Waals surface area (Å²) in [6.45, 7) is 4.17. The summed E-state index contributed by atoms with van der Waals surface area (Å²) in [5, 5.41) is 11.6. The Morgan fingerprint density at radius 1 is 1.43 bits per heavy atom. The maximum absolute atomic E-state index is 4.12. The molecule has 76 valence electrons. The van der Waals surface area contributed by atoms with Crippen LogP contribution in [0.5, 0.6) is 0 Å². The number of aryl methyl sites for hydroxylation is 1. The van der Waals surface area contributed by atoms with Gasteiger partial charge in [-0.1, -0.05) is 6.92 Å². The van der Waals surface area contributed by atoms with Crippen LogP contribution in [-0.4, -0.2) is 16.2 Å². The minimum Gasteiger partial charge on any atom is -0.366 e. The Balaban J connectivity index is 1.98. The van der Waals surface area contributed by atoms with Crippen molar-refractivity contribution in [2.45, 2.75) is 39.2 Å². The number of nitrogens with zero attached hydrogens (tertiary/aromatic N) is 2. The molecule has 1 saturated carbocycles. The van der Waals surface area contributed by atoms with Crippen LogP contribution >= 0.6 is 0 Å². The standard InChI is InChI=1S/C11H17N3/c1-3-10(9-5-6-9)12-11-7-4-8(2)13-14-11/h4,7,9-10H,3,5-6H2,1-2H3,(H,12,14). The van der Waals surface area contributed by atoms with Gasteiger partial charge in [-0.3, -0.25) is 0 Å². The molecule has 0 aromatic carbocycles. The fraction of sp³-hybridized carbons (Fsp3) is 0.636. The van der Waals surface area contributed by atoms with Crippen LogP contribution in [0.2, 0.25) is 0 Å². The predicted molar refractivity (Wildman–Crippen MR) is 57.2 cm³/mol. The lowest BCUT2D eigenvalue weighted by Crippen LogP contribution is -2.21. The third kappa shape index (κ3) is 2.22. The summed E-state index contributed by atoms with van der Waals surface area (Å²) in [7, 11) is 0. The normalized spacial score (nSPS) is 17.9. The molecule has 0 aliphatic heterocycles. The van der Waals surface area contributed by atoms with Crippen molar-refractivity contribution in [1.29, 1.82) is 0 Å². The molecule has 1 aliphatic rings. The number of nitrogens with one attached hydrogen (secondary N) is 1. The summed E-state index contributed by atoms with van der Waals surface area (Å²) >= 11 is 0. The first kappa shape index (κ1) is 9.44. The van der Waals surface area contributed by atoms with Crippen LogP contribution in [0.3, 0.4) is 0 Å². The molecule has 0 saturated heterocycles. The van der Waals surface area contributed by atoms with Crippen molar-refractivity contribution in [1.82, 2.24) is 10.2 Å². The SMILES string of the molecule is CCC(Nc1ccc(C)nn1)C1CC1. The Kier molecular flexibility index (Phi) is 2.66. The van der Waals surface area contributed by atoms with E-state index in [0.717, 1.165) is 17.4 Å². The molecule has 1 aromatic heterocycles. The monoisotopic (exact) mass is 191 g/mol. The van der Waals surface area contributed by atoms with Gasteiger partial charge in [-0.15, -0.1) is 5.10 Å². The van der Waals surface area contributed by atoms with Crippen LogP contribution in [-0.2, 0) is 0 Å². The molecule has 0 bridgehead atoms. The molecular formula is C11H17N3. The topological polar surface area (TPSA) is 37.8 Å². The van der Waals surface area contributed by atoms with E-state index >= 15 is 0 Å². The molecule has 0 spiro atoms. The van der Waals surface area contributed by atoms with Crippen molar-refractivity contribution in [3.05, 3.63) is 17.8 Å². The van der Waals surface area contributed by atoms with Crippen molar-refractivity contribution in [3.8, 4) is 0 Å². The second-order valence-corrected chi connectivity index (χ2v) is 4.06. The van der Waals surface area contributed by atoms with Gasteiger partial charge in [0.15, 0.2) is 0 Å². The van der Waals surface area contributed by atoms with E-state index < -0.39 is 0 Å². The molecule has 3 heteroatoms. The predicted octanol–water partition coefficient (Wildman–Crippen LogP) is 2.39. The highest BCUT2D eigenvalue weighted by Crippen LogP contribution is 2.35. The van der Waals surface area contributed by atoms with Crippen LogP contribution in [0.25, 0.3) is 0 Å². The van der Waals surface area contributed by atoms with Gasteiger partial charge in [-0.05, 0) is 44.2 Å². The Hall–Kier alpha value is -1.12. The van der Waals surface area contributed by atoms with Crippen molar-refractivity contribution in [2.24, 2.45) is 5.92 Å². The highest BCUT2D eigenvalue weighted by atomic mass is 15.2. The lowest BCUT2D eigenvalue weighted by Gasteiger charge is -2.16. The second kappa shape index (κ2) is 3.95. The molecule has 1 fully saturated rings. The average molecular weight is 191 g/mol. The molecule has 1 unspecified atom stereocenters. The maximum atomic E-state index is 4.12. The summed E-state index contributed by atoms with van der Waals surface area (Å²) in [5.41, 5.74) is 0.968. The molecule has 0 radical (unpaired) electrons. The first-order valence-electron chi connectivity index (χ1n) is 5.36. The molecule has 3 nitrogen and oxygen atoms in total. The van der Waals surface area contributed by atoms with Gasteiger partial charge in [-0.25, -0.2) is 0 Å². The van der Waals surface area contributed by atoms with Gasteiger partial charge in [0.1, 0.15) is 5.82 Å². The molecule has 1 aliphatic carbocycles. The van der Waals surface area contributed by atoms with Crippen LogP contribution < -0.4 is 5.32 Å². The van der Waals surface area contributed by atoms with Crippen LogP contribution in [0, 0.1) is 12.8 Å². The first-order valence-corrected chi connectivity index (χ1v) is 5.36. The lowest BCUT2D eigenvalue weighted by atomic mass is 10.1. The van der Waals surface area contributed by atoms with Crippen molar-refractivity contribution >= 4 is 5.82 Å². The lowest BCUT2D eigenvalue weighted by molar-refractivity contribution is 0.612. The zero-order valence-electron chi connectivity index (χ0n) is 8.83. The molecule has 1 atom stereocenters. The third-order valence-corrected chi connectivity index (χ3v) is 2.76. The summed E-state index contributed by atoms with van der Waals surface area (Å²) < 4.78 is 0. The quantitative estimate of drug-likeness (QED) is 0.794. The smallest absolute Gasteiger partial charge is 0.148 e. The van der Waals surface area contributed by atoms with E-state index in [0.29, 0.717) is 6.04 Å². The number of hydrogen-bond acceptors (Lipinski definition) is 3. The fourth-order valence-electron chi connectivity index (χ4n) is 1.72. The van der Waals surface area contributed by atoms with Crippen molar-refractivity contribution < 1.29 is 0 Å². The number of aromatic nitrogens is 2. The van der Waals surface area contributed by atoms with E-state index in [-0.39, 0.29) is 0 Å². The second-order valence-electron chi connectivity index (χ2n) is 4.06. The fourth-order valence-corrected chi connectivity index (χ4v) is 1.72. The van der Waals surface area contributed by atoms with E-state index in [1.165, 1.54) is 19.3 Å². The van der Waals surface area contributed by atoms with E-state index in [9.17, 15) is 0 Å². The molecule has 1 aromatic rings. The Morgan fingerprint density at radius 2 is 2.21 bits per heavy atom. The first-order chi connectivity index (χ1) is 6.79. The molecular weight excluding hydrogens is 174 g/mol. The summed E-state index contributed by atoms with van der Waals surface area (Å²) in [4.78, 5) is 0. The van der Waals surface area contributed by atoms with Crippen LogP contribution in [0.4, 0.5) is 5.82 Å². The van der Waals surface area contributed by atoms with Gasteiger partial charge in [0.2, 0.25) is 0 Å². The minimum absolute atomic E-state index is 0.590. The van der Waals surface area contributed by atoms with Gasteiger partial charge in [0.05, 0.1) is 5.69 Å². The molecule has 14 heavy (non-hydrogen) atoms. The Bertz CT molecular complexity index is 290. The Morgan fingerprint density at radius 3 is 2.71 bits per heavy atom. The largest absolute Gasteiger partial charge is 0.366 e. The van der Waals surface area contributed by atoms with E-state index in [1.54, 1.807) is 0 Å². The average Bonchev–Trinajstić information content (AvgIpc) is 3.01. The van der Waals surface area contributed by atoms with Crippen molar-refractivity contribution in [3.63, 3.8) is 0 Å². The number of hydrogen-bond donors (Lipinski definition) is 1. The Labute approximate surface area is 84.9 Å². The zero-order chi connectivity index (χ0) is 9.97. The van der Waals surface area contributed by atoms with Crippen molar-refractivity contribution in [2.75, 3.05) is 5.32 Å². The summed E-state index contributed by atoms with van der Waals surface area (Å²) in [5.74, 6) is 1.78. The highest BCUT2D eigenvalue weighted by molar-refractivity contribution is 5.34. The highest BCUT2D eigenvalue weighted by Gasteiger charge is 2.29. The van der Waals surface area contributed by atoms with Gasteiger partial charge in [0, 0.05) is 6.04 Å². The van der Waals surface area contributed by atoms with E-state index in [2.05, 4.69) is 22.4 Å². The minimum atomic E-state index is 0.590. The molecule has 2 rings (SSSR count). The number of rotatable bonds is 4. The zero-order valence-corrected chi connectivity index (χ0v) is 8.83. The summed E-state index contributed by atoms with van der Waals surface area (Å²) in [6.07, 6.45) is 3.90. The van der Waals surface area contributed by atoms with Crippen LogP contribution in [0.15, 0.2) is 12.1 Å². The van der Waals surface area contributed by atoms with Crippen LogP contribution in [0.1, 0.15) is 31.9 Å². The van der Waals surface area contributed by atoms with Gasteiger partial charge >= 0.3 is 0 Å². The van der Waals surface area contributed by atoms with Gasteiger partial charge in [0.25, 0.3) is 0 Å². The molecule has 0 amide bonds. The molecule has 1 N–H and O–H groups in total. The summed E-state index contributed by atoms with van der Waals surface area (Å²) in [6, 6.07) is 4.59.